The maximum Gasteiger partial charge on any atom is 0.312 e. The van der Waals surface area contributed by atoms with Crippen molar-refractivity contribution in [2.45, 2.75) is 43.4 Å². The Morgan fingerprint density at radius 3 is 2.42 bits per heavy atom. The quantitative estimate of drug-likeness (QED) is 0.466. The number of hydrogen-bond donors (Lipinski definition) is 0. The molecule has 1 amide bonds. The van der Waals surface area contributed by atoms with Gasteiger partial charge >= 0.3 is 5.69 Å². The van der Waals surface area contributed by atoms with Crippen molar-refractivity contribution in [1.29, 1.82) is 0 Å². The van der Waals surface area contributed by atoms with Crippen LogP contribution in [0, 0.1) is 10.1 Å². The lowest BCUT2D eigenvalue weighted by atomic mass is 10.00. The molecule has 1 fully saturated rings. The van der Waals surface area contributed by atoms with Crippen LogP contribution in [-0.2, 0) is 22.9 Å². The Hall–Kier alpha value is -2.50. The summed E-state index contributed by atoms with van der Waals surface area (Å²) in [5.41, 5.74) is 0.881. The molecular formula is C22H27N3O6S2. The van der Waals surface area contributed by atoms with Gasteiger partial charge in [0.2, 0.25) is 10.0 Å². The van der Waals surface area contributed by atoms with Crippen LogP contribution in [0.15, 0.2) is 29.2 Å². The summed E-state index contributed by atoms with van der Waals surface area (Å²) >= 11 is 1.57. The molecule has 1 aromatic heterocycles. The van der Waals surface area contributed by atoms with Crippen LogP contribution in [0.2, 0.25) is 0 Å². The number of piperazine rings is 1. The molecule has 0 bridgehead atoms. The first kappa shape index (κ1) is 23.7. The molecule has 0 N–H and O–H groups in total. The van der Waals surface area contributed by atoms with Gasteiger partial charge in [0, 0.05) is 37.1 Å². The summed E-state index contributed by atoms with van der Waals surface area (Å²) in [7, 11) is -2.64. The number of nitro groups is 1. The lowest BCUT2D eigenvalue weighted by Gasteiger charge is -2.33. The Bertz CT molecular complexity index is 1130. The highest BCUT2D eigenvalue weighted by atomic mass is 32.2. The maximum absolute atomic E-state index is 13.1. The van der Waals surface area contributed by atoms with Crippen LogP contribution in [0.5, 0.6) is 5.75 Å². The van der Waals surface area contributed by atoms with Crippen LogP contribution in [0.1, 0.15) is 45.8 Å². The molecule has 2 aromatic rings. The molecule has 0 radical (unpaired) electrons. The van der Waals surface area contributed by atoms with Crippen molar-refractivity contribution in [1.82, 2.24) is 9.21 Å². The van der Waals surface area contributed by atoms with Gasteiger partial charge in [-0.1, -0.05) is 12.8 Å². The van der Waals surface area contributed by atoms with Crippen molar-refractivity contribution in [3.05, 3.63) is 49.7 Å². The average Bonchev–Trinajstić information content (AvgIpc) is 3.19. The lowest BCUT2D eigenvalue weighted by molar-refractivity contribution is -0.386. The largest absolute Gasteiger partial charge is 0.490 e. The molecule has 0 saturated carbocycles. The van der Waals surface area contributed by atoms with Gasteiger partial charge in [-0.25, -0.2) is 8.42 Å². The number of ether oxygens (including phenoxy) is 1. The van der Waals surface area contributed by atoms with Gasteiger partial charge in [-0.05, 0) is 49.4 Å². The van der Waals surface area contributed by atoms with Crippen LogP contribution in [-0.4, -0.2) is 61.7 Å². The van der Waals surface area contributed by atoms with Crippen molar-refractivity contribution < 1.29 is 22.9 Å². The predicted octanol–water partition coefficient (Wildman–Crippen LogP) is 3.47. The van der Waals surface area contributed by atoms with E-state index in [1.807, 2.05) is 6.07 Å². The van der Waals surface area contributed by atoms with Gasteiger partial charge in [-0.15, -0.1) is 11.3 Å². The molecule has 1 aliphatic heterocycles. The Labute approximate surface area is 197 Å². The van der Waals surface area contributed by atoms with Crippen LogP contribution in [0.3, 0.4) is 0 Å². The monoisotopic (exact) mass is 493 g/mol. The molecule has 11 heteroatoms. The van der Waals surface area contributed by atoms with E-state index < -0.39 is 20.6 Å². The zero-order valence-corrected chi connectivity index (χ0v) is 20.1. The standard InChI is InChI=1S/C22H27N3O6S2/c1-31-19-9-8-17(15-18(19)25(27)28)33(29,30)24-12-10-23(11-13-24)22(26)21-14-16-6-4-2-3-5-7-20(16)32-21/h8-9,14-15H,2-7,10-13H2,1H3. The van der Waals surface area contributed by atoms with Crippen LogP contribution in [0.25, 0.3) is 0 Å². The van der Waals surface area contributed by atoms with Gasteiger partial charge in [0.05, 0.1) is 21.8 Å². The fourth-order valence-corrected chi connectivity index (χ4v) is 7.02. The van der Waals surface area contributed by atoms with Crippen LogP contribution in [0.4, 0.5) is 5.69 Å². The summed E-state index contributed by atoms with van der Waals surface area (Å²) in [5.74, 6) is -0.0525. The molecule has 1 aromatic carbocycles. The van der Waals surface area contributed by atoms with Gasteiger partial charge in [0.1, 0.15) is 0 Å². The summed E-state index contributed by atoms with van der Waals surface area (Å²) in [6.07, 6.45) is 6.80. The number of rotatable bonds is 5. The van der Waals surface area contributed by atoms with Crippen molar-refractivity contribution in [3.63, 3.8) is 0 Å². The number of aryl methyl sites for hydroxylation is 2. The highest BCUT2D eigenvalue weighted by molar-refractivity contribution is 7.89. The molecule has 1 aliphatic carbocycles. The molecule has 0 atom stereocenters. The van der Waals surface area contributed by atoms with Gasteiger partial charge in [0.15, 0.2) is 5.75 Å². The Morgan fingerprint density at radius 2 is 1.76 bits per heavy atom. The van der Waals surface area contributed by atoms with E-state index in [4.69, 9.17) is 4.74 Å². The lowest BCUT2D eigenvalue weighted by Crippen LogP contribution is -2.50. The first-order valence-corrected chi connectivity index (χ1v) is 13.3. The highest BCUT2D eigenvalue weighted by Gasteiger charge is 2.32. The van der Waals surface area contributed by atoms with E-state index >= 15 is 0 Å². The number of hydrogen-bond acceptors (Lipinski definition) is 7. The second kappa shape index (κ2) is 9.78. The predicted molar refractivity (Wildman–Crippen MR) is 125 cm³/mol. The van der Waals surface area contributed by atoms with Crippen molar-refractivity contribution in [2.24, 2.45) is 0 Å². The molecule has 33 heavy (non-hydrogen) atoms. The number of sulfonamides is 1. The SMILES string of the molecule is COc1ccc(S(=O)(=O)N2CCN(C(=O)c3cc4c(s3)CCCCCC4)CC2)cc1[N+](=O)[O-]. The fraction of sp³-hybridized carbons (Fsp3) is 0.500. The summed E-state index contributed by atoms with van der Waals surface area (Å²) in [4.78, 5) is 27.3. The van der Waals surface area contributed by atoms with Crippen LogP contribution >= 0.6 is 11.3 Å². The Balaban J connectivity index is 1.45. The third-order valence-electron chi connectivity index (χ3n) is 6.22. The molecule has 9 nitrogen and oxygen atoms in total. The molecule has 2 aliphatic rings. The number of thiophene rings is 1. The molecule has 0 unspecified atom stereocenters. The summed E-state index contributed by atoms with van der Waals surface area (Å²) < 4.78 is 32.4. The van der Waals surface area contributed by atoms with E-state index in [2.05, 4.69) is 0 Å². The molecule has 1 saturated heterocycles. The molecule has 2 heterocycles. The second-order valence-electron chi connectivity index (χ2n) is 8.26. The molecule has 0 spiro atoms. The number of carbonyl (C=O) groups excluding carboxylic acids is 1. The van der Waals surface area contributed by atoms with E-state index in [9.17, 15) is 23.3 Å². The number of nitrogens with zero attached hydrogens (tertiary/aromatic N) is 3. The highest BCUT2D eigenvalue weighted by Crippen LogP contribution is 2.32. The fourth-order valence-electron chi connectivity index (χ4n) is 4.36. The summed E-state index contributed by atoms with van der Waals surface area (Å²) in [6.45, 7) is 0.829. The van der Waals surface area contributed by atoms with Crippen molar-refractivity contribution >= 4 is 33.0 Å². The van der Waals surface area contributed by atoms with Gasteiger partial charge < -0.3 is 9.64 Å². The first-order valence-electron chi connectivity index (χ1n) is 11.0. The van der Waals surface area contributed by atoms with Gasteiger partial charge in [-0.2, -0.15) is 4.31 Å². The zero-order chi connectivity index (χ0) is 23.6. The molecule has 178 valence electrons. The number of amides is 1. The minimum atomic E-state index is -3.93. The zero-order valence-electron chi connectivity index (χ0n) is 18.5. The number of nitro benzene ring substituents is 1. The van der Waals surface area contributed by atoms with E-state index in [1.54, 1.807) is 16.2 Å². The maximum atomic E-state index is 13.1. The third kappa shape index (κ3) is 4.90. The topological polar surface area (TPSA) is 110 Å². The first-order chi connectivity index (χ1) is 15.8. The van der Waals surface area contributed by atoms with Crippen molar-refractivity contribution in [3.8, 4) is 5.75 Å². The molecule has 4 rings (SSSR count). The van der Waals surface area contributed by atoms with Crippen molar-refractivity contribution in [2.75, 3.05) is 33.3 Å². The van der Waals surface area contributed by atoms with E-state index in [-0.39, 0.29) is 42.7 Å². The number of carbonyl (C=O) groups is 1. The number of fused-ring (bicyclic) bond motifs is 1. The van der Waals surface area contributed by atoms with E-state index in [1.165, 1.54) is 46.8 Å². The van der Waals surface area contributed by atoms with Crippen LogP contribution < -0.4 is 4.74 Å². The Morgan fingerprint density at radius 1 is 1.06 bits per heavy atom. The van der Waals surface area contributed by atoms with E-state index in [0.29, 0.717) is 0 Å². The minimum absolute atomic E-state index is 0.000540. The number of methoxy groups -OCH3 is 1. The average molecular weight is 494 g/mol. The normalized spacial score (nSPS) is 17.7. The van der Waals surface area contributed by atoms with E-state index in [0.717, 1.165) is 36.6 Å². The van der Waals surface area contributed by atoms with Gasteiger partial charge in [0.25, 0.3) is 5.91 Å². The minimum Gasteiger partial charge on any atom is -0.490 e. The Kier molecular flexibility index (Phi) is 7.01. The number of benzene rings is 1. The second-order valence-corrected chi connectivity index (χ2v) is 11.3. The molecular weight excluding hydrogens is 466 g/mol. The summed E-state index contributed by atoms with van der Waals surface area (Å²) in [5, 5.41) is 11.3. The smallest absolute Gasteiger partial charge is 0.312 e. The van der Waals surface area contributed by atoms with Gasteiger partial charge in [-0.3, -0.25) is 14.9 Å². The third-order valence-corrected chi connectivity index (χ3v) is 9.34. The summed E-state index contributed by atoms with van der Waals surface area (Å²) in [6, 6.07) is 5.63.